The minimum Gasteiger partial charge on any atom is -0.481 e. The van der Waals surface area contributed by atoms with Gasteiger partial charge in [0.1, 0.15) is 11.3 Å². The number of aromatic nitrogens is 6. The van der Waals surface area contributed by atoms with E-state index in [1.165, 1.54) is 0 Å². The first-order valence-electron chi connectivity index (χ1n) is 12.2. The van der Waals surface area contributed by atoms with Crippen molar-refractivity contribution in [3.8, 4) is 22.5 Å². The van der Waals surface area contributed by atoms with E-state index in [2.05, 4.69) is 25.7 Å². The molecule has 3 saturated carbocycles. The van der Waals surface area contributed by atoms with Crippen LogP contribution in [0, 0.1) is 17.8 Å². The minimum atomic E-state index is -0.715. The third-order valence-electron chi connectivity index (χ3n) is 8.08. The Morgan fingerprint density at radius 3 is 2.58 bits per heavy atom. The van der Waals surface area contributed by atoms with E-state index < -0.39 is 11.9 Å². The Labute approximate surface area is 211 Å². The summed E-state index contributed by atoms with van der Waals surface area (Å²) >= 11 is 6.23. The lowest BCUT2D eigenvalue weighted by molar-refractivity contribution is -0.151. The number of rotatable bonds is 4. The summed E-state index contributed by atoms with van der Waals surface area (Å²) in [4.78, 5) is 34.0. The van der Waals surface area contributed by atoms with Gasteiger partial charge in [0.15, 0.2) is 5.82 Å². The Hall–Kier alpha value is -3.78. The zero-order chi connectivity index (χ0) is 24.4. The molecule has 0 amide bonds. The third-order valence-corrected chi connectivity index (χ3v) is 8.29. The van der Waals surface area contributed by atoms with Crippen LogP contribution in [-0.2, 0) is 4.79 Å². The molecule has 0 radical (unpaired) electrons. The fraction of sp³-hybridized carbons (Fsp3) is 0.296. The number of aromatic amines is 1. The van der Waals surface area contributed by atoms with Crippen molar-refractivity contribution < 1.29 is 9.90 Å². The van der Waals surface area contributed by atoms with Crippen molar-refractivity contribution >= 4 is 39.6 Å². The van der Waals surface area contributed by atoms with Crippen molar-refractivity contribution in [1.29, 1.82) is 0 Å². The molecule has 3 fully saturated rings. The molecule has 5 heterocycles. The molecule has 180 valence electrons. The van der Waals surface area contributed by atoms with E-state index in [-0.39, 0.29) is 12.0 Å². The molecule has 8 rings (SSSR count). The molecule has 0 aromatic carbocycles. The van der Waals surface area contributed by atoms with Gasteiger partial charge in [-0.2, -0.15) is 0 Å². The van der Waals surface area contributed by atoms with Gasteiger partial charge in [-0.15, -0.1) is 0 Å². The number of nitrogens with one attached hydrogen (secondary N) is 1. The van der Waals surface area contributed by atoms with E-state index in [0.29, 0.717) is 22.4 Å². The van der Waals surface area contributed by atoms with Gasteiger partial charge in [0.25, 0.3) is 0 Å². The van der Waals surface area contributed by atoms with Gasteiger partial charge in [-0.05, 0) is 61.3 Å². The van der Waals surface area contributed by atoms with E-state index in [9.17, 15) is 9.90 Å². The van der Waals surface area contributed by atoms with Crippen molar-refractivity contribution in [2.24, 2.45) is 17.8 Å². The summed E-state index contributed by atoms with van der Waals surface area (Å²) in [6.45, 7) is 0. The van der Waals surface area contributed by atoms with E-state index in [0.717, 1.165) is 58.8 Å². The van der Waals surface area contributed by atoms with Crippen LogP contribution in [0.4, 0.5) is 0 Å². The highest BCUT2D eigenvalue weighted by molar-refractivity contribution is 6.31. The molecule has 1 unspecified atom stereocenters. The van der Waals surface area contributed by atoms with Crippen molar-refractivity contribution in [2.75, 3.05) is 0 Å². The number of hydrogen-bond acceptors (Lipinski definition) is 5. The summed E-state index contributed by atoms with van der Waals surface area (Å²) in [5.74, 6) is -0.0820. The zero-order valence-electron chi connectivity index (χ0n) is 19.3. The maximum atomic E-state index is 12.5. The van der Waals surface area contributed by atoms with Crippen LogP contribution < -0.4 is 0 Å². The lowest BCUT2D eigenvalue weighted by Crippen LogP contribution is -2.44. The van der Waals surface area contributed by atoms with Crippen LogP contribution in [0.3, 0.4) is 0 Å². The van der Waals surface area contributed by atoms with Crippen LogP contribution in [0.5, 0.6) is 0 Å². The van der Waals surface area contributed by atoms with E-state index in [1.807, 2.05) is 30.6 Å². The Morgan fingerprint density at radius 2 is 1.81 bits per heavy atom. The molecule has 2 atom stereocenters. The Kier molecular flexibility index (Phi) is 4.86. The largest absolute Gasteiger partial charge is 0.481 e. The van der Waals surface area contributed by atoms with E-state index in [4.69, 9.17) is 21.6 Å². The van der Waals surface area contributed by atoms with Crippen LogP contribution in [-0.4, -0.2) is 40.6 Å². The molecule has 2 N–H and O–H groups in total. The van der Waals surface area contributed by atoms with Gasteiger partial charge in [0.05, 0.1) is 17.0 Å². The second kappa shape index (κ2) is 8.13. The van der Waals surface area contributed by atoms with Crippen LogP contribution in [0.15, 0.2) is 55.4 Å². The normalized spacial score (nSPS) is 23.5. The lowest BCUT2D eigenvalue weighted by Gasteiger charge is -2.47. The molecule has 36 heavy (non-hydrogen) atoms. The molecule has 0 saturated heterocycles. The molecule has 9 heteroatoms. The van der Waals surface area contributed by atoms with Crippen molar-refractivity contribution in [1.82, 2.24) is 29.5 Å². The van der Waals surface area contributed by atoms with E-state index in [1.54, 1.807) is 18.6 Å². The molecular formula is C27H23ClN6O2. The van der Waals surface area contributed by atoms with Crippen LogP contribution >= 0.6 is 11.6 Å². The first-order chi connectivity index (χ1) is 17.6. The smallest absolute Gasteiger partial charge is 0.308 e. The second-order valence-electron chi connectivity index (χ2n) is 9.90. The summed E-state index contributed by atoms with van der Waals surface area (Å²) < 4.78 is 2.13. The second-order valence-corrected chi connectivity index (χ2v) is 10.3. The number of hydrogen-bond donors (Lipinski definition) is 2. The predicted octanol–water partition coefficient (Wildman–Crippen LogP) is 5.75. The van der Waals surface area contributed by atoms with Gasteiger partial charge in [0, 0.05) is 59.1 Å². The van der Waals surface area contributed by atoms with Crippen molar-refractivity contribution in [2.45, 2.75) is 31.7 Å². The fourth-order valence-corrected chi connectivity index (χ4v) is 6.63. The molecule has 2 bridgehead atoms. The van der Waals surface area contributed by atoms with Crippen molar-refractivity contribution in [3.63, 3.8) is 0 Å². The SMILES string of the molecule is O=C(O)C1C2CCC(CC2)[C@H]1n1cc(-c2ccncc2)c2cnc(-c3c[nH]c4ncc(Cl)cc34)nc21. The summed E-state index contributed by atoms with van der Waals surface area (Å²) in [5.41, 5.74) is 4.25. The maximum Gasteiger partial charge on any atom is 0.308 e. The number of fused-ring (bicyclic) bond motifs is 5. The maximum absolute atomic E-state index is 12.5. The van der Waals surface area contributed by atoms with Gasteiger partial charge in [-0.25, -0.2) is 15.0 Å². The third kappa shape index (κ3) is 3.24. The fourth-order valence-electron chi connectivity index (χ4n) is 6.48. The van der Waals surface area contributed by atoms with Gasteiger partial charge in [-0.1, -0.05) is 11.6 Å². The molecule has 3 aliphatic carbocycles. The number of carboxylic acid groups (broad SMARTS) is 1. The molecule has 3 aliphatic rings. The Balaban J connectivity index is 1.47. The first-order valence-corrected chi connectivity index (χ1v) is 12.6. The number of H-pyrrole nitrogens is 1. The van der Waals surface area contributed by atoms with Crippen LogP contribution in [0.25, 0.3) is 44.6 Å². The topological polar surface area (TPSA) is 110 Å². The monoisotopic (exact) mass is 498 g/mol. The summed E-state index contributed by atoms with van der Waals surface area (Å²) in [6, 6.07) is 5.63. The highest BCUT2D eigenvalue weighted by Gasteiger charge is 2.48. The minimum absolute atomic E-state index is 0.144. The van der Waals surface area contributed by atoms with Crippen LogP contribution in [0.2, 0.25) is 5.02 Å². The molecule has 0 aliphatic heterocycles. The Bertz CT molecular complexity index is 1620. The summed E-state index contributed by atoms with van der Waals surface area (Å²) in [7, 11) is 0. The molecule has 5 aromatic heterocycles. The van der Waals surface area contributed by atoms with Crippen molar-refractivity contribution in [3.05, 3.63) is 60.4 Å². The summed E-state index contributed by atoms with van der Waals surface area (Å²) in [5, 5.41) is 12.5. The number of pyridine rings is 2. The highest BCUT2D eigenvalue weighted by atomic mass is 35.5. The number of aliphatic carboxylic acids is 1. The number of halogens is 1. The van der Waals surface area contributed by atoms with Gasteiger partial charge in [0.2, 0.25) is 0 Å². The number of carboxylic acids is 1. The van der Waals surface area contributed by atoms with E-state index >= 15 is 0 Å². The zero-order valence-corrected chi connectivity index (χ0v) is 20.1. The summed E-state index contributed by atoms with van der Waals surface area (Å²) in [6.07, 6.45) is 15.0. The molecule has 0 spiro atoms. The predicted molar refractivity (Wildman–Crippen MR) is 136 cm³/mol. The number of nitrogens with zero attached hydrogens (tertiary/aromatic N) is 5. The van der Waals surface area contributed by atoms with Gasteiger partial charge < -0.3 is 14.7 Å². The first kappa shape index (κ1) is 21.5. The molecular weight excluding hydrogens is 476 g/mol. The average molecular weight is 499 g/mol. The highest BCUT2D eigenvalue weighted by Crippen LogP contribution is 2.52. The quantitative estimate of drug-likeness (QED) is 0.326. The number of carbonyl (C=O) groups is 1. The average Bonchev–Trinajstić information content (AvgIpc) is 3.50. The Morgan fingerprint density at radius 1 is 1.03 bits per heavy atom. The lowest BCUT2D eigenvalue weighted by atomic mass is 9.61. The van der Waals surface area contributed by atoms with Gasteiger partial charge in [-0.3, -0.25) is 9.78 Å². The van der Waals surface area contributed by atoms with Gasteiger partial charge >= 0.3 is 5.97 Å². The standard InChI is InChI=1S/C27H23ClN6O2/c28-17-9-18-19(11-31-24(18)30-10-17)25-32-12-20-21(14-5-7-29-8-6-14)13-34(26(20)33-25)23-16-3-1-15(2-4-16)22(23)27(35)36/h5-13,15-16,22-23H,1-4H2,(H,30,31)(H,35,36)/t15?,16?,22?,23-/m1/s1. The van der Waals surface area contributed by atoms with Crippen LogP contribution in [0.1, 0.15) is 31.7 Å². The molecule has 5 aromatic rings. The molecule has 8 nitrogen and oxygen atoms in total.